The van der Waals surface area contributed by atoms with Gasteiger partial charge in [0, 0.05) is 24.7 Å². The van der Waals surface area contributed by atoms with Crippen molar-refractivity contribution in [2.24, 2.45) is 5.92 Å². The number of carbonyl (C=O) groups is 3. The SMILES string of the molecule is CCOc1ccc(N2C[C@@H](C(=O)OCC(=O)Nc3cc(C)on3)CC2=O)cc1. The zero-order valence-corrected chi connectivity index (χ0v) is 15.6. The first-order chi connectivity index (χ1) is 13.5. The molecule has 0 saturated carbocycles. The first-order valence-corrected chi connectivity index (χ1v) is 8.89. The monoisotopic (exact) mass is 387 g/mol. The van der Waals surface area contributed by atoms with E-state index in [1.807, 2.05) is 6.92 Å². The minimum absolute atomic E-state index is 0.0378. The number of nitrogens with one attached hydrogen (secondary N) is 1. The standard InChI is InChI=1S/C19H21N3O6/c1-3-26-15-6-4-14(5-7-15)22-10-13(9-18(22)24)19(25)27-11-17(23)20-16-8-12(2)28-21-16/h4-8,13H,3,9-11H2,1-2H3,(H,20,21,23)/t13-/m0/s1. The molecule has 1 saturated heterocycles. The summed E-state index contributed by atoms with van der Waals surface area (Å²) in [6, 6.07) is 8.62. The van der Waals surface area contributed by atoms with Crippen molar-refractivity contribution in [1.82, 2.24) is 5.16 Å². The van der Waals surface area contributed by atoms with E-state index in [1.54, 1.807) is 37.3 Å². The first-order valence-electron chi connectivity index (χ1n) is 8.89. The summed E-state index contributed by atoms with van der Waals surface area (Å²) in [6.07, 6.45) is 0.0378. The number of hydrogen-bond donors (Lipinski definition) is 1. The summed E-state index contributed by atoms with van der Waals surface area (Å²) < 4.78 is 15.3. The van der Waals surface area contributed by atoms with E-state index >= 15 is 0 Å². The molecule has 2 amide bonds. The minimum atomic E-state index is -0.624. The molecule has 148 valence electrons. The third-order valence-corrected chi connectivity index (χ3v) is 4.16. The summed E-state index contributed by atoms with van der Waals surface area (Å²) in [5.74, 6) is -0.415. The van der Waals surface area contributed by atoms with E-state index in [0.717, 1.165) is 0 Å². The van der Waals surface area contributed by atoms with Crippen LogP contribution in [-0.4, -0.2) is 42.7 Å². The number of nitrogens with zero attached hydrogens (tertiary/aromatic N) is 2. The van der Waals surface area contributed by atoms with Crippen LogP contribution < -0.4 is 15.0 Å². The van der Waals surface area contributed by atoms with Crippen LogP contribution in [-0.2, 0) is 19.1 Å². The lowest BCUT2D eigenvalue weighted by Gasteiger charge is -2.17. The van der Waals surface area contributed by atoms with E-state index in [9.17, 15) is 14.4 Å². The largest absolute Gasteiger partial charge is 0.494 e. The molecular formula is C19H21N3O6. The van der Waals surface area contributed by atoms with Crippen molar-refractivity contribution in [2.75, 3.05) is 30.0 Å². The van der Waals surface area contributed by atoms with Gasteiger partial charge in [-0.05, 0) is 38.1 Å². The molecule has 0 aliphatic carbocycles. The van der Waals surface area contributed by atoms with E-state index < -0.39 is 24.4 Å². The third-order valence-electron chi connectivity index (χ3n) is 4.16. The number of carbonyl (C=O) groups excluding carboxylic acids is 3. The van der Waals surface area contributed by atoms with Crippen molar-refractivity contribution in [1.29, 1.82) is 0 Å². The second-order valence-electron chi connectivity index (χ2n) is 6.31. The summed E-state index contributed by atoms with van der Waals surface area (Å²) in [6.45, 7) is 3.88. The molecule has 1 fully saturated rings. The number of rotatable bonds is 7. The Morgan fingerprint density at radius 3 is 2.71 bits per heavy atom. The fourth-order valence-corrected chi connectivity index (χ4v) is 2.86. The summed E-state index contributed by atoms with van der Waals surface area (Å²) in [5, 5.41) is 6.08. The smallest absolute Gasteiger partial charge is 0.311 e. The Morgan fingerprint density at radius 1 is 1.32 bits per heavy atom. The first kappa shape index (κ1) is 19.4. The molecule has 1 atom stereocenters. The molecule has 28 heavy (non-hydrogen) atoms. The maximum absolute atomic E-state index is 12.3. The lowest BCUT2D eigenvalue weighted by molar-refractivity contribution is -0.151. The van der Waals surface area contributed by atoms with Gasteiger partial charge in [0.1, 0.15) is 11.5 Å². The van der Waals surface area contributed by atoms with E-state index in [2.05, 4.69) is 10.5 Å². The predicted octanol–water partition coefficient (Wildman–Crippen LogP) is 1.92. The van der Waals surface area contributed by atoms with Crippen molar-refractivity contribution < 1.29 is 28.4 Å². The normalized spacial score (nSPS) is 16.1. The van der Waals surface area contributed by atoms with Gasteiger partial charge in [-0.1, -0.05) is 5.16 Å². The summed E-state index contributed by atoms with van der Waals surface area (Å²) in [5.41, 5.74) is 0.683. The van der Waals surface area contributed by atoms with Crippen molar-refractivity contribution in [2.45, 2.75) is 20.3 Å². The predicted molar refractivity (Wildman–Crippen MR) is 98.9 cm³/mol. The Balaban J connectivity index is 1.51. The van der Waals surface area contributed by atoms with Crippen LogP contribution in [0.2, 0.25) is 0 Å². The van der Waals surface area contributed by atoms with E-state index in [-0.39, 0.29) is 24.7 Å². The van der Waals surface area contributed by atoms with Gasteiger partial charge in [0.15, 0.2) is 12.4 Å². The highest BCUT2D eigenvalue weighted by atomic mass is 16.5. The minimum Gasteiger partial charge on any atom is -0.494 e. The Morgan fingerprint density at radius 2 is 2.07 bits per heavy atom. The highest BCUT2D eigenvalue weighted by molar-refractivity contribution is 6.00. The Kier molecular flexibility index (Phi) is 5.93. The lowest BCUT2D eigenvalue weighted by atomic mass is 10.1. The highest BCUT2D eigenvalue weighted by Crippen LogP contribution is 2.27. The zero-order chi connectivity index (χ0) is 20.1. The number of benzene rings is 1. The average molecular weight is 387 g/mol. The number of aryl methyl sites for hydroxylation is 1. The highest BCUT2D eigenvalue weighted by Gasteiger charge is 2.36. The number of amides is 2. The summed E-state index contributed by atoms with van der Waals surface area (Å²) >= 11 is 0. The van der Waals surface area contributed by atoms with E-state index in [1.165, 1.54) is 4.90 Å². The van der Waals surface area contributed by atoms with Gasteiger partial charge >= 0.3 is 5.97 Å². The molecule has 0 bridgehead atoms. The zero-order valence-electron chi connectivity index (χ0n) is 15.6. The molecule has 1 aliphatic heterocycles. The quantitative estimate of drug-likeness (QED) is 0.723. The number of anilines is 2. The van der Waals surface area contributed by atoms with Crippen LogP contribution in [0.25, 0.3) is 0 Å². The van der Waals surface area contributed by atoms with Crippen LogP contribution in [0, 0.1) is 12.8 Å². The van der Waals surface area contributed by atoms with Gasteiger partial charge in [0.2, 0.25) is 5.91 Å². The Labute approximate surface area is 161 Å². The Bertz CT molecular complexity index is 861. The van der Waals surface area contributed by atoms with Crippen LogP contribution in [0.1, 0.15) is 19.1 Å². The molecule has 0 unspecified atom stereocenters. The molecule has 3 rings (SSSR count). The fraction of sp³-hybridized carbons (Fsp3) is 0.368. The second kappa shape index (κ2) is 8.55. The van der Waals surface area contributed by atoms with Gasteiger partial charge in [-0.2, -0.15) is 0 Å². The molecule has 9 heteroatoms. The molecule has 1 aromatic carbocycles. The number of ether oxygens (including phenoxy) is 2. The van der Waals surface area contributed by atoms with Gasteiger partial charge in [-0.15, -0.1) is 0 Å². The molecule has 1 N–H and O–H groups in total. The molecule has 1 aliphatic rings. The van der Waals surface area contributed by atoms with Crippen LogP contribution in [0.4, 0.5) is 11.5 Å². The van der Waals surface area contributed by atoms with Gasteiger partial charge in [-0.3, -0.25) is 14.4 Å². The van der Waals surface area contributed by atoms with Crippen LogP contribution in [0.15, 0.2) is 34.9 Å². The average Bonchev–Trinajstić information content (AvgIpc) is 3.26. The third kappa shape index (κ3) is 4.67. The van der Waals surface area contributed by atoms with Crippen molar-refractivity contribution in [3.05, 3.63) is 36.1 Å². The second-order valence-corrected chi connectivity index (χ2v) is 6.31. The fourth-order valence-electron chi connectivity index (χ4n) is 2.86. The summed E-state index contributed by atoms with van der Waals surface area (Å²) in [7, 11) is 0. The molecular weight excluding hydrogens is 366 g/mol. The number of aromatic nitrogens is 1. The van der Waals surface area contributed by atoms with Crippen molar-refractivity contribution in [3.8, 4) is 5.75 Å². The number of esters is 1. The van der Waals surface area contributed by atoms with Crippen molar-refractivity contribution >= 4 is 29.3 Å². The summed E-state index contributed by atoms with van der Waals surface area (Å²) in [4.78, 5) is 37.8. The number of hydrogen-bond acceptors (Lipinski definition) is 7. The molecule has 0 radical (unpaired) electrons. The van der Waals surface area contributed by atoms with Gasteiger partial charge in [-0.25, -0.2) is 0 Å². The molecule has 2 aromatic rings. The maximum Gasteiger partial charge on any atom is 0.311 e. The molecule has 9 nitrogen and oxygen atoms in total. The van der Waals surface area contributed by atoms with E-state index in [4.69, 9.17) is 14.0 Å². The lowest BCUT2D eigenvalue weighted by Crippen LogP contribution is -2.28. The topological polar surface area (TPSA) is 111 Å². The van der Waals surface area contributed by atoms with Crippen LogP contribution in [0.3, 0.4) is 0 Å². The van der Waals surface area contributed by atoms with E-state index in [0.29, 0.717) is 23.8 Å². The van der Waals surface area contributed by atoms with Gasteiger partial charge in [0.25, 0.3) is 5.91 Å². The Hall–Kier alpha value is -3.36. The van der Waals surface area contributed by atoms with Crippen LogP contribution in [0.5, 0.6) is 5.75 Å². The van der Waals surface area contributed by atoms with Crippen LogP contribution >= 0.6 is 0 Å². The van der Waals surface area contributed by atoms with Gasteiger partial charge in [0.05, 0.1) is 12.5 Å². The molecule has 2 heterocycles. The molecule has 0 spiro atoms. The maximum atomic E-state index is 12.3. The van der Waals surface area contributed by atoms with Gasteiger partial charge < -0.3 is 24.2 Å². The molecule has 1 aromatic heterocycles. The van der Waals surface area contributed by atoms with Crippen molar-refractivity contribution in [3.63, 3.8) is 0 Å².